The van der Waals surface area contributed by atoms with Crippen LogP contribution in [0.25, 0.3) is 0 Å². The van der Waals surface area contributed by atoms with E-state index >= 15 is 0 Å². The average molecular weight is 541 g/mol. The molecule has 5 heteroatoms. The van der Waals surface area contributed by atoms with Crippen LogP contribution in [0.4, 0.5) is 0 Å². The van der Waals surface area contributed by atoms with Gasteiger partial charge in [0.1, 0.15) is 5.92 Å². The zero-order valence-corrected chi connectivity index (χ0v) is 20.7. The predicted octanol–water partition coefficient (Wildman–Crippen LogP) is 6.21. The minimum Gasteiger partial charge on any atom is -0.465 e. The summed E-state index contributed by atoms with van der Waals surface area (Å²) in [5.74, 6) is -1.00. The Balaban J connectivity index is 1.75. The third kappa shape index (κ3) is 4.72. The molecule has 0 saturated heterocycles. The van der Waals surface area contributed by atoms with Crippen LogP contribution < -0.4 is 0 Å². The lowest BCUT2D eigenvalue weighted by atomic mass is 9.69. The van der Waals surface area contributed by atoms with Crippen LogP contribution in [0.1, 0.15) is 62.5 Å². The van der Waals surface area contributed by atoms with Crippen LogP contribution in [-0.4, -0.2) is 24.1 Å². The van der Waals surface area contributed by atoms with Crippen molar-refractivity contribution >= 4 is 40.1 Å². The second kappa shape index (κ2) is 10.1. The van der Waals surface area contributed by atoms with Gasteiger partial charge in [-0.1, -0.05) is 55.8 Å². The molecular weight excluding hydrogens is 513 g/mol. The molecule has 0 fully saturated rings. The number of rotatable bonds is 6. The summed E-state index contributed by atoms with van der Waals surface area (Å²) in [7, 11) is 0. The quantitative estimate of drug-likeness (QED) is 0.248. The first kappa shape index (κ1) is 22.9. The molecule has 4 rings (SSSR count). The van der Waals surface area contributed by atoms with Crippen LogP contribution in [0.5, 0.6) is 0 Å². The molecule has 4 nitrogen and oxygen atoms in total. The van der Waals surface area contributed by atoms with Crippen LogP contribution >= 0.6 is 22.6 Å². The van der Waals surface area contributed by atoms with Gasteiger partial charge in [-0.2, -0.15) is 0 Å². The maximum absolute atomic E-state index is 13.5. The molecule has 0 amide bonds. The summed E-state index contributed by atoms with van der Waals surface area (Å²) in [6.45, 7) is 4.36. The second-order valence-electron chi connectivity index (χ2n) is 8.58. The number of unbranched alkanes of at least 4 members (excludes halogenated alkanes) is 1. The van der Waals surface area contributed by atoms with Crippen molar-refractivity contribution in [3.05, 3.63) is 80.6 Å². The monoisotopic (exact) mass is 541 g/mol. The lowest BCUT2D eigenvalue weighted by molar-refractivity contribution is -0.146. The summed E-state index contributed by atoms with van der Waals surface area (Å²) in [5.41, 5.74) is 4.39. The molecule has 0 saturated carbocycles. The number of hydrogen-bond acceptors (Lipinski definition) is 4. The van der Waals surface area contributed by atoms with Crippen molar-refractivity contribution in [1.29, 1.82) is 0 Å². The average Bonchev–Trinajstić information content (AvgIpc) is 2.78. The highest BCUT2D eigenvalue weighted by Crippen LogP contribution is 2.46. The number of ether oxygens (including phenoxy) is 1. The van der Waals surface area contributed by atoms with E-state index in [9.17, 15) is 9.59 Å². The first-order chi connectivity index (χ1) is 15.5. The standard InChI is InChI=1S/C27H28INO3/c1-3-4-13-32-27(31)24-17(2)29-22-15-20(18-9-6-5-7-10-18)16-23(30)26(22)25(24)19-11-8-12-21(28)14-19/h5-12,14,20,24-25H,3-4,13,15-16H2,1-2H3/t20-,24?,25-/m1/s1. The Morgan fingerprint density at radius 2 is 1.84 bits per heavy atom. The predicted molar refractivity (Wildman–Crippen MR) is 135 cm³/mol. The van der Waals surface area contributed by atoms with E-state index in [1.165, 1.54) is 0 Å². The van der Waals surface area contributed by atoms with Gasteiger partial charge in [-0.15, -0.1) is 0 Å². The van der Waals surface area contributed by atoms with Gasteiger partial charge >= 0.3 is 5.97 Å². The molecule has 0 bridgehead atoms. The van der Waals surface area contributed by atoms with Crippen molar-refractivity contribution in [2.45, 2.75) is 51.4 Å². The number of aliphatic imine (C=N–C) groups is 1. The lowest BCUT2D eigenvalue weighted by Crippen LogP contribution is -2.38. The zero-order chi connectivity index (χ0) is 22.7. The molecule has 2 aliphatic rings. The van der Waals surface area contributed by atoms with Gasteiger partial charge in [0.05, 0.1) is 6.61 Å². The molecule has 0 N–H and O–H groups in total. The van der Waals surface area contributed by atoms with E-state index in [1.54, 1.807) is 0 Å². The summed E-state index contributed by atoms with van der Waals surface area (Å²) >= 11 is 2.28. The maximum Gasteiger partial charge on any atom is 0.315 e. The molecule has 1 heterocycles. The van der Waals surface area contributed by atoms with E-state index < -0.39 is 5.92 Å². The third-order valence-corrected chi connectivity index (χ3v) is 7.03. The molecule has 166 valence electrons. The number of carbonyl (C=O) groups excluding carboxylic acids is 2. The molecular formula is C27H28INO3. The molecule has 3 atom stereocenters. The Hall–Kier alpha value is -2.28. The normalized spacial score (nSPS) is 22.9. The Morgan fingerprint density at radius 1 is 1.09 bits per heavy atom. The molecule has 32 heavy (non-hydrogen) atoms. The maximum atomic E-state index is 13.5. The van der Waals surface area contributed by atoms with Crippen molar-refractivity contribution < 1.29 is 14.3 Å². The fourth-order valence-electron chi connectivity index (χ4n) is 4.79. The van der Waals surface area contributed by atoms with Crippen molar-refractivity contribution in [3.63, 3.8) is 0 Å². The van der Waals surface area contributed by atoms with Crippen molar-refractivity contribution in [3.8, 4) is 0 Å². The highest BCUT2D eigenvalue weighted by Gasteiger charge is 2.44. The Bertz CT molecular complexity index is 1070. The highest BCUT2D eigenvalue weighted by atomic mass is 127. The largest absolute Gasteiger partial charge is 0.465 e. The van der Waals surface area contributed by atoms with E-state index in [2.05, 4.69) is 47.7 Å². The van der Waals surface area contributed by atoms with Gasteiger partial charge in [0.2, 0.25) is 0 Å². The summed E-state index contributed by atoms with van der Waals surface area (Å²) in [6.07, 6.45) is 2.93. The van der Waals surface area contributed by atoms with Gasteiger partial charge in [-0.25, -0.2) is 0 Å². The SMILES string of the molecule is CCCCOC(=O)C1C(C)=NC2=C(C(=O)C[C@H](c3ccccc3)C2)[C@@H]1c1cccc(I)c1. The van der Waals surface area contributed by atoms with Gasteiger partial charge in [0.25, 0.3) is 0 Å². The Labute approximate surface area is 203 Å². The van der Waals surface area contributed by atoms with E-state index in [-0.39, 0.29) is 23.6 Å². The number of carbonyl (C=O) groups is 2. The van der Waals surface area contributed by atoms with E-state index in [0.29, 0.717) is 25.0 Å². The molecule has 1 unspecified atom stereocenters. The minimum absolute atomic E-state index is 0.0894. The van der Waals surface area contributed by atoms with Crippen molar-refractivity contribution in [2.24, 2.45) is 10.9 Å². The molecule has 2 aromatic carbocycles. The molecule has 0 radical (unpaired) electrons. The first-order valence-electron chi connectivity index (χ1n) is 11.3. The third-order valence-electron chi connectivity index (χ3n) is 6.36. The molecule has 2 aromatic rings. The lowest BCUT2D eigenvalue weighted by Gasteiger charge is -2.36. The van der Waals surface area contributed by atoms with Gasteiger partial charge in [0, 0.05) is 32.9 Å². The molecule has 1 aliphatic carbocycles. The number of hydrogen-bond donors (Lipinski definition) is 0. The topological polar surface area (TPSA) is 55.7 Å². The summed E-state index contributed by atoms with van der Waals surface area (Å²) in [5, 5.41) is 0. The van der Waals surface area contributed by atoms with E-state index in [1.807, 2.05) is 43.3 Å². The van der Waals surface area contributed by atoms with Crippen molar-refractivity contribution in [2.75, 3.05) is 6.61 Å². The smallest absolute Gasteiger partial charge is 0.315 e. The van der Waals surface area contributed by atoms with Crippen LogP contribution in [0.3, 0.4) is 0 Å². The number of allylic oxidation sites excluding steroid dienone is 2. The van der Waals surface area contributed by atoms with Gasteiger partial charge in [-0.3, -0.25) is 14.6 Å². The summed E-state index contributed by atoms with van der Waals surface area (Å²) in [4.78, 5) is 31.5. The number of esters is 1. The van der Waals surface area contributed by atoms with Crippen LogP contribution in [0, 0.1) is 9.49 Å². The molecule has 1 aliphatic heterocycles. The summed E-state index contributed by atoms with van der Waals surface area (Å²) < 4.78 is 6.70. The number of halogens is 1. The van der Waals surface area contributed by atoms with Gasteiger partial charge in [-0.05, 0) is 71.5 Å². The van der Waals surface area contributed by atoms with E-state index in [0.717, 1.165) is 38.9 Å². The number of nitrogens with zero attached hydrogens (tertiary/aromatic N) is 1. The first-order valence-corrected chi connectivity index (χ1v) is 12.4. The van der Waals surface area contributed by atoms with Crippen LogP contribution in [-0.2, 0) is 14.3 Å². The fourth-order valence-corrected chi connectivity index (χ4v) is 5.36. The Kier molecular flexibility index (Phi) is 7.23. The van der Waals surface area contributed by atoms with E-state index in [4.69, 9.17) is 9.73 Å². The number of Topliss-reactive ketones (excluding diaryl/α,β-unsaturated/α-hetero) is 1. The summed E-state index contributed by atoms with van der Waals surface area (Å²) in [6, 6.07) is 18.2. The Morgan fingerprint density at radius 3 is 2.56 bits per heavy atom. The molecule has 0 aromatic heterocycles. The number of ketones is 1. The van der Waals surface area contributed by atoms with Gasteiger partial charge in [0.15, 0.2) is 5.78 Å². The minimum atomic E-state index is -0.568. The molecule has 0 spiro atoms. The van der Waals surface area contributed by atoms with Crippen LogP contribution in [0.2, 0.25) is 0 Å². The fraction of sp³-hybridized carbons (Fsp3) is 0.370. The zero-order valence-electron chi connectivity index (χ0n) is 18.5. The van der Waals surface area contributed by atoms with Crippen molar-refractivity contribution in [1.82, 2.24) is 0 Å². The highest BCUT2D eigenvalue weighted by molar-refractivity contribution is 14.1. The second-order valence-corrected chi connectivity index (χ2v) is 9.83. The van der Waals surface area contributed by atoms with Gasteiger partial charge < -0.3 is 4.74 Å². The number of benzene rings is 2. The van der Waals surface area contributed by atoms with Crippen LogP contribution in [0.15, 0.2) is 70.9 Å².